The fourth-order valence-electron chi connectivity index (χ4n) is 0.824. The Morgan fingerprint density at radius 3 is 2.20 bits per heavy atom. The topological polar surface area (TPSA) is 82.0 Å². The lowest BCUT2D eigenvalue weighted by molar-refractivity contribution is 0.211. The van der Waals surface area contributed by atoms with Crippen molar-refractivity contribution in [3.63, 3.8) is 0 Å². The van der Waals surface area contributed by atoms with Crippen molar-refractivity contribution in [1.82, 2.24) is 0 Å². The minimum Gasteiger partial charge on any atom is -0.497 e. The molecule has 7 heteroatoms. The number of hydrogen-bond acceptors (Lipinski definition) is 5. The molecule has 0 aliphatic heterocycles. The summed E-state index contributed by atoms with van der Waals surface area (Å²) >= 11 is 0. The number of nitrogens with zero attached hydrogens (tertiary/aromatic N) is 1. The molecule has 0 radical (unpaired) electrons. The first-order valence-corrected chi connectivity index (χ1v) is 4.82. The molecule has 0 saturated heterocycles. The number of rotatable bonds is 2. The molecule has 0 fully saturated rings. The summed E-state index contributed by atoms with van der Waals surface area (Å²) in [6.45, 7) is 0. The van der Waals surface area contributed by atoms with E-state index in [2.05, 4.69) is 9.10 Å². The molecule has 0 saturated carbocycles. The molecule has 0 N–H and O–H groups in total. The molecule has 0 spiro atoms. The van der Waals surface area contributed by atoms with Crippen molar-refractivity contribution in [2.75, 3.05) is 7.11 Å². The van der Waals surface area contributed by atoms with Crippen LogP contribution in [-0.4, -0.2) is 21.6 Å². The van der Waals surface area contributed by atoms with E-state index in [9.17, 15) is 13.2 Å². The summed E-state index contributed by atoms with van der Waals surface area (Å²) < 4.78 is 32.1. The Morgan fingerprint density at radius 1 is 1.20 bits per heavy atom. The smallest absolute Gasteiger partial charge is 0.454 e. The molecule has 1 aromatic carbocycles. The van der Waals surface area contributed by atoms with Crippen molar-refractivity contribution < 1.29 is 22.7 Å². The number of methoxy groups -OCH3 is 1. The van der Waals surface area contributed by atoms with Crippen molar-refractivity contribution in [1.29, 1.82) is 0 Å². The Kier molecular flexibility index (Phi) is 3.81. The van der Waals surface area contributed by atoms with E-state index in [1.807, 2.05) is 0 Å². The third kappa shape index (κ3) is 3.77. The summed E-state index contributed by atoms with van der Waals surface area (Å²) in [4.78, 5) is 10.8. The third-order valence-corrected chi connectivity index (χ3v) is 1.71. The molecule has 0 aromatic heterocycles. The van der Waals surface area contributed by atoms with E-state index in [0.717, 1.165) is 0 Å². The van der Waals surface area contributed by atoms with Gasteiger partial charge in [-0.2, -0.15) is 8.42 Å². The molecule has 0 atom stereocenters. The third-order valence-electron chi connectivity index (χ3n) is 1.41. The summed E-state index contributed by atoms with van der Waals surface area (Å²) in [5, 5.41) is 0. The maximum atomic E-state index is 10.8. The highest BCUT2D eigenvalue weighted by Gasteiger charge is 2.02. The Bertz CT molecular complexity index is 468. The van der Waals surface area contributed by atoms with Gasteiger partial charge in [0.05, 0.1) is 7.11 Å². The molecule has 0 aliphatic carbocycles. The van der Waals surface area contributed by atoms with Crippen molar-refractivity contribution in [3.8, 4) is 11.5 Å². The second-order valence-electron chi connectivity index (χ2n) is 2.35. The number of benzene rings is 1. The molecule has 15 heavy (non-hydrogen) atoms. The Labute approximate surface area is 87.1 Å². The molecule has 1 amide bonds. The first-order valence-electron chi connectivity index (χ1n) is 3.79. The van der Waals surface area contributed by atoms with Crippen LogP contribution in [0.25, 0.3) is 0 Å². The Balaban J connectivity index is 2.73. The van der Waals surface area contributed by atoms with Crippen LogP contribution in [0, 0.1) is 0 Å². The van der Waals surface area contributed by atoms with Gasteiger partial charge in [-0.25, -0.2) is 4.79 Å². The number of carbonyl (C=O) groups is 1. The first-order chi connectivity index (χ1) is 7.11. The van der Waals surface area contributed by atoms with Gasteiger partial charge < -0.3 is 9.47 Å². The van der Waals surface area contributed by atoms with Gasteiger partial charge in [-0.3, -0.25) is 0 Å². The average Bonchev–Trinajstić information content (AvgIpc) is 2.17. The molecule has 1 rings (SSSR count). The van der Waals surface area contributed by atoms with Crippen molar-refractivity contribution >= 4 is 16.6 Å². The van der Waals surface area contributed by atoms with Crippen molar-refractivity contribution in [2.24, 2.45) is 4.36 Å². The van der Waals surface area contributed by atoms with Gasteiger partial charge in [0, 0.05) is 0 Å². The number of ether oxygens (including phenoxy) is 2. The van der Waals surface area contributed by atoms with Gasteiger partial charge in [-0.15, -0.1) is 0 Å². The van der Waals surface area contributed by atoms with Gasteiger partial charge in [-0.1, -0.05) is 4.36 Å². The molecule has 0 aliphatic rings. The molecule has 0 unspecified atom stereocenters. The molecule has 0 heterocycles. The summed E-state index contributed by atoms with van der Waals surface area (Å²) in [5.41, 5.74) is 0. The lowest BCUT2D eigenvalue weighted by Gasteiger charge is -2.01. The lowest BCUT2D eigenvalue weighted by atomic mass is 10.3. The summed E-state index contributed by atoms with van der Waals surface area (Å²) in [7, 11) is -1.30. The van der Waals surface area contributed by atoms with Crippen LogP contribution in [-0.2, 0) is 10.5 Å². The molecule has 80 valence electrons. The maximum Gasteiger partial charge on any atom is 0.454 e. The highest BCUT2D eigenvalue weighted by Crippen LogP contribution is 2.17. The fraction of sp³-hybridized carbons (Fsp3) is 0.125. The van der Waals surface area contributed by atoms with Crippen LogP contribution >= 0.6 is 0 Å². The molecular weight excluding hydrogens is 222 g/mol. The monoisotopic (exact) mass is 229 g/mol. The van der Waals surface area contributed by atoms with E-state index in [-0.39, 0.29) is 5.75 Å². The van der Waals surface area contributed by atoms with E-state index < -0.39 is 16.6 Å². The van der Waals surface area contributed by atoms with Crippen LogP contribution in [0.4, 0.5) is 4.79 Å². The minimum absolute atomic E-state index is 0.190. The minimum atomic E-state index is -2.80. The number of hydrogen-bond donors (Lipinski definition) is 0. The van der Waals surface area contributed by atoms with E-state index in [1.165, 1.54) is 19.2 Å². The standard InChI is InChI=1S/C8H7NO5S/c1-13-6-2-4-7(5-3-6)14-8(10)9-15(11)12/h2-5H,1H3. The van der Waals surface area contributed by atoms with Crippen LogP contribution in [0.5, 0.6) is 11.5 Å². The predicted molar refractivity (Wildman–Crippen MR) is 50.4 cm³/mol. The maximum absolute atomic E-state index is 10.8. The highest BCUT2D eigenvalue weighted by atomic mass is 32.2. The summed E-state index contributed by atoms with van der Waals surface area (Å²) in [6.07, 6.45) is -1.19. The largest absolute Gasteiger partial charge is 0.497 e. The average molecular weight is 229 g/mol. The zero-order valence-electron chi connectivity index (χ0n) is 7.71. The number of carbonyl (C=O) groups excluding carboxylic acids is 1. The van der Waals surface area contributed by atoms with Gasteiger partial charge in [0.2, 0.25) is 0 Å². The van der Waals surface area contributed by atoms with Crippen LogP contribution in [0.2, 0.25) is 0 Å². The fourth-order valence-corrected chi connectivity index (χ4v) is 0.983. The van der Waals surface area contributed by atoms with Gasteiger partial charge in [0.1, 0.15) is 11.5 Å². The Morgan fingerprint density at radius 2 is 1.73 bits per heavy atom. The molecule has 0 bridgehead atoms. The van der Waals surface area contributed by atoms with Gasteiger partial charge in [0.15, 0.2) is 0 Å². The van der Waals surface area contributed by atoms with Crippen LogP contribution in [0.1, 0.15) is 0 Å². The number of amides is 1. The van der Waals surface area contributed by atoms with E-state index in [0.29, 0.717) is 5.75 Å². The molecule has 6 nitrogen and oxygen atoms in total. The van der Waals surface area contributed by atoms with E-state index >= 15 is 0 Å². The van der Waals surface area contributed by atoms with E-state index in [1.54, 1.807) is 12.1 Å². The summed E-state index contributed by atoms with van der Waals surface area (Å²) in [5.74, 6) is 0.786. The predicted octanol–water partition coefficient (Wildman–Crippen LogP) is 1.26. The van der Waals surface area contributed by atoms with Gasteiger partial charge in [0.25, 0.3) is 0 Å². The SMILES string of the molecule is COc1ccc(OC(=O)N=S(=O)=O)cc1. The lowest BCUT2D eigenvalue weighted by Crippen LogP contribution is -2.01. The van der Waals surface area contributed by atoms with E-state index in [4.69, 9.17) is 4.74 Å². The quantitative estimate of drug-likeness (QED) is 0.762. The first kappa shape index (κ1) is 11.2. The van der Waals surface area contributed by atoms with Gasteiger partial charge in [-0.05, 0) is 24.3 Å². The molecular formula is C8H7NO5S. The van der Waals surface area contributed by atoms with Crippen LogP contribution in [0.15, 0.2) is 28.6 Å². The highest BCUT2D eigenvalue weighted by molar-refractivity contribution is 7.62. The summed E-state index contributed by atoms with van der Waals surface area (Å²) in [6, 6.07) is 6.05. The Hall–Kier alpha value is -1.89. The second-order valence-corrected chi connectivity index (χ2v) is 2.97. The zero-order valence-corrected chi connectivity index (χ0v) is 8.52. The van der Waals surface area contributed by atoms with Crippen molar-refractivity contribution in [3.05, 3.63) is 24.3 Å². The van der Waals surface area contributed by atoms with Crippen molar-refractivity contribution in [2.45, 2.75) is 0 Å². The van der Waals surface area contributed by atoms with Gasteiger partial charge >= 0.3 is 16.6 Å². The normalized spacial score (nSPS) is 9.13. The van der Waals surface area contributed by atoms with Crippen LogP contribution in [0.3, 0.4) is 0 Å². The second kappa shape index (κ2) is 5.11. The molecule has 1 aromatic rings. The zero-order chi connectivity index (χ0) is 11.3. The van der Waals surface area contributed by atoms with Crippen LogP contribution < -0.4 is 9.47 Å².